The first-order valence-electron chi connectivity index (χ1n) is 6.32. The van der Waals surface area contributed by atoms with Gasteiger partial charge in [0, 0.05) is 11.5 Å². The summed E-state index contributed by atoms with van der Waals surface area (Å²) in [6.07, 6.45) is 4.81. The molecule has 2 radical (unpaired) electrons. The van der Waals surface area contributed by atoms with Gasteiger partial charge in [-0.25, -0.2) is 4.39 Å². The van der Waals surface area contributed by atoms with Crippen molar-refractivity contribution in [2.75, 3.05) is 6.61 Å². The van der Waals surface area contributed by atoms with Crippen LogP contribution in [0.25, 0.3) is 0 Å². The quantitative estimate of drug-likeness (QED) is 0.779. The summed E-state index contributed by atoms with van der Waals surface area (Å²) in [5.41, 5.74) is 0.761. The predicted octanol–water partition coefficient (Wildman–Crippen LogP) is 3.51. The lowest BCUT2D eigenvalue weighted by molar-refractivity contribution is -0.210. The van der Waals surface area contributed by atoms with Crippen molar-refractivity contribution in [1.82, 2.24) is 0 Å². The lowest BCUT2D eigenvalue weighted by atomic mass is 9.77. The Morgan fingerprint density at radius 1 is 1.20 bits per heavy atom. The van der Waals surface area contributed by atoms with E-state index in [0.717, 1.165) is 5.56 Å². The summed E-state index contributed by atoms with van der Waals surface area (Å²) >= 11 is 0. The van der Waals surface area contributed by atoms with Gasteiger partial charge >= 0.3 is 6.54 Å². The van der Waals surface area contributed by atoms with Crippen molar-refractivity contribution in [2.45, 2.75) is 11.5 Å². The third kappa shape index (κ3) is 1.43. The van der Waals surface area contributed by atoms with Gasteiger partial charge in [0.1, 0.15) is 11.4 Å². The maximum absolute atomic E-state index is 14.0. The third-order valence-corrected chi connectivity index (χ3v) is 4.04. The molecule has 4 rings (SSSR count). The molecule has 0 N–H and O–H groups in total. The molecule has 3 aliphatic rings. The van der Waals surface area contributed by atoms with Crippen LogP contribution in [-0.2, 0) is 9.47 Å². The lowest BCUT2D eigenvalue weighted by Crippen LogP contribution is -2.46. The van der Waals surface area contributed by atoms with Gasteiger partial charge in [-0.3, -0.25) is 4.74 Å². The van der Waals surface area contributed by atoms with Gasteiger partial charge in [0.05, 0.1) is 6.61 Å². The third-order valence-electron chi connectivity index (χ3n) is 4.04. The summed E-state index contributed by atoms with van der Waals surface area (Å²) in [7, 11) is 0. The van der Waals surface area contributed by atoms with Crippen molar-refractivity contribution < 1.29 is 18.3 Å². The smallest absolute Gasteiger partial charge is 0.316 e. The standard InChI is InChI=1S/C16H10F2O2/c17-14-8-11-6-7-12(14)16(11)13(9-19-15(18)20-16)10-4-2-1-3-5-10/h2-8,13H,9H2. The number of allylic oxidation sites excluding steroid dienone is 2. The van der Waals surface area contributed by atoms with Crippen LogP contribution in [0.4, 0.5) is 8.78 Å². The van der Waals surface area contributed by atoms with Crippen LogP contribution in [0.1, 0.15) is 11.5 Å². The highest BCUT2D eigenvalue weighted by molar-refractivity contribution is 5.65. The van der Waals surface area contributed by atoms with Crippen molar-refractivity contribution in [1.29, 1.82) is 0 Å². The van der Waals surface area contributed by atoms with Crippen LogP contribution in [0, 0.1) is 12.6 Å². The Kier molecular flexibility index (Phi) is 2.46. The molecule has 1 saturated heterocycles. The van der Waals surface area contributed by atoms with Gasteiger partial charge in [-0.2, -0.15) is 4.39 Å². The van der Waals surface area contributed by atoms with Crippen molar-refractivity contribution >= 4 is 0 Å². The van der Waals surface area contributed by atoms with Gasteiger partial charge in [0.25, 0.3) is 0 Å². The van der Waals surface area contributed by atoms with E-state index in [4.69, 9.17) is 9.47 Å². The van der Waals surface area contributed by atoms with Gasteiger partial charge in [0.15, 0.2) is 0 Å². The summed E-state index contributed by atoms with van der Waals surface area (Å²) in [5, 5.41) is 0. The first-order chi connectivity index (χ1) is 9.72. The molecule has 100 valence electrons. The zero-order valence-corrected chi connectivity index (χ0v) is 10.4. The van der Waals surface area contributed by atoms with E-state index in [1.165, 1.54) is 6.08 Å². The van der Waals surface area contributed by atoms with Crippen LogP contribution in [0.5, 0.6) is 0 Å². The number of benzene rings is 1. The van der Waals surface area contributed by atoms with E-state index in [9.17, 15) is 8.78 Å². The molecule has 2 unspecified atom stereocenters. The molecule has 1 aliphatic heterocycles. The van der Waals surface area contributed by atoms with E-state index in [0.29, 0.717) is 11.1 Å². The number of ether oxygens (including phenoxy) is 2. The molecule has 2 bridgehead atoms. The van der Waals surface area contributed by atoms with Crippen LogP contribution in [0.15, 0.2) is 59.5 Å². The highest BCUT2D eigenvalue weighted by atomic mass is 19.2. The van der Waals surface area contributed by atoms with Gasteiger partial charge in [0.2, 0.25) is 0 Å². The molecular formula is C16H10F2O2. The second-order valence-corrected chi connectivity index (χ2v) is 4.97. The number of rotatable bonds is 1. The molecule has 1 aromatic rings. The van der Waals surface area contributed by atoms with Crippen LogP contribution >= 0.6 is 0 Å². The van der Waals surface area contributed by atoms with E-state index >= 15 is 0 Å². The topological polar surface area (TPSA) is 18.5 Å². The molecule has 0 saturated carbocycles. The normalized spacial score (nSPS) is 32.3. The highest BCUT2D eigenvalue weighted by Crippen LogP contribution is 2.57. The summed E-state index contributed by atoms with van der Waals surface area (Å²) in [6.45, 7) is -0.906. The fourth-order valence-electron chi connectivity index (χ4n) is 3.16. The predicted molar refractivity (Wildman–Crippen MR) is 67.5 cm³/mol. The molecule has 20 heavy (non-hydrogen) atoms. The molecule has 1 fully saturated rings. The Labute approximate surface area is 115 Å². The Bertz CT molecular complexity index is 648. The molecule has 4 heteroatoms. The maximum Gasteiger partial charge on any atom is 0.410 e. The lowest BCUT2D eigenvalue weighted by Gasteiger charge is -2.42. The maximum atomic E-state index is 14.0. The summed E-state index contributed by atoms with van der Waals surface area (Å²) < 4.78 is 37.8. The molecule has 1 aromatic carbocycles. The first kappa shape index (κ1) is 12.0. The molecular weight excluding hydrogens is 262 g/mol. The minimum atomic E-state index is -1.13. The Morgan fingerprint density at radius 3 is 2.65 bits per heavy atom. The second kappa shape index (κ2) is 4.11. The highest BCUT2D eigenvalue weighted by Gasteiger charge is 2.57. The van der Waals surface area contributed by atoms with Gasteiger partial charge in [-0.1, -0.05) is 36.4 Å². The van der Waals surface area contributed by atoms with E-state index in [1.54, 1.807) is 24.3 Å². The molecule has 0 aromatic heterocycles. The molecule has 2 nitrogen and oxygen atoms in total. The van der Waals surface area contributed by atoms with Crippen molar-refractivity contribution in [3.05, 3.63) is 77.6 Å². The number of hydrogen-bond acceptors (Lipinski definition) is 2. The summed E-state index contributed by atoms with van der Waals surface area (Å²) in [4.78, 5) is 0. The Morgan fingerprint density at radius 2 is 2.00 bits per heavy atom. The second-order valence-electron chi connectivity index (χ2n) is 4.97. The monoisotopic (exact) mass is 272 g/mol. The van der Waals surface area contributed by atoms with Crippen LogP contribution in [0.3, 0.4) is 0 Å². The first-order valence-corrected chi connectivity index (χ1v) is 6.32. The van der Waals surface area contributed by atoms with Crippen LogP contribution in [0.2, 0.25) is 0 Å². The molecule has 2 atom stereocenters. The zero-order chi connectivity index (χ0) is 13.7. The Balaban J connectivity index is 1.84. The van der Waals surface area contributed by atoms with E-state index in [2.05, 4.69) is 6.07 Å². The van der Waals surface area contributed by atoms with Gasteiger partial charge in [-0.15, -0.1) is 0 Å². The minimum Gasteiger partial charge on any atom is -0.316 e. The molecule has 0 amide bonds. The zero-order valence-electron chi connectivity index (χ0n) is 10.4. The summed E-state index contributed by atoms with van der Waals surface area (Å²) in [5.74, 6) is -0.675. The van der Waals surface area contributed by atoms with E-state index in [1.807, 2.05) is 12.1 Å². The molecule has 1 heterocycles. The fraction of sp³-hybridized carbons (Fsp3) is 0.188. The average molecular weight is 272 g/mol. The van der Waals surface area contributed by atoms with Crippen molar-refractivity contribution in [3.63, 3.8) is 0 Å². The summed E-state index contributed by atoms with van der Waals surface area (Å²) in [6, 6.07) is 10.2. The fourth-order valence-corrected chi connectivity index (χ4v) is 3.16. The van der Waals surface area contributed by atoms with Gasteiger partial charge in [-0.05, 0) is 23.3 Å². The Hall–Kier alpha value is -1.78. The van der Waals surface area contributed by atoms with Crippen LogP contribution < -0.4 is 0 Å². The largest absolute Gasteiger partial charge is 0.410 e. The van der Waals surface area contributed by atoms with E-state index < -0.39 is 12.1 Å². The van der Waals surface area contributed by atoms with Crippen molar-refractivity contribution in [2.24, 2.45) is 0 Å². The molecule has 2 aliphatic carbocycles. The van der Waals surface area contributed by atoms with Crippen LogP contribution in [-0.4, -0.2) is 12.2 Å². The van der Waals surface area contributed by atoms with E-state index in [-0.39, 0.29) is 18.4 Å². The number of hydrogen-bond donors (Lipinski definition) is 0. The average Bonchev–Trinajstić information content (AvgIpc) is 2.91. The van der Waals surface area contributed by atoms with Gasteiger partial charge < -0.3 is 4.74 Å². The van der Waals surface area contributed by atoms with Crippen molar-refractivity contribution in [3.8, 4) is 0 Å². The molecule has 1 spiro atoms. The minimum absolute atomic E-state index is 0.103. The number of halogens is 2. The SMILES string of the molecule is F[C]1OCC(c2cc[c]cc2)C2(O1)C1=CC=C2C(F)=C1.